The van der Waals surface area contributed by atoms with Crippen molar-refractivity contribution < 1.29 is 8.42 Å². The molecule has 0 aliphatic heterocycles. The van der Waals surface area contributed by atoms with E-state index in [2.05, 4.69) is 20.0 Å². The van der Waals surface area contributed by atoms with Gasteiger partial charge in [-0.3, -0.25) is 4.98 Å². The van der Waals surface area contributed by atoms with Gasteiger partial charge >= 0.3 is 0 Å². The Morgan fingerprint density at radius 1 is 1.09 bits per heavy atom. The van der Waals surface area contributed by atoms with Crippen LogP contribution in [0.1, 0.15) is 30.7 Å². The van der Waals surface area contributed by atoms with Crippen molar-refractivity contribution >= 4 is 15.8 Å². The van der Waals surface area contributed by atoms with Crippen LogP contribution in [0.25, 0.3) is 0 Å². The number of aromatic nitrogens is 2. The number of sulfonamides is 1. The molecule has 23 heavy (non-hydrogen) atoms. The van der Waals surface area contributed by atoms with Crippen LogP contribution in [-0.2, 0) is 22.3 Å². The van der Waals surface area contributed by atoms with Crippen molar-refractivity contribution in [2.24, 2.45) is 0 Å². The average molecular weight is 334 g/mol. The number of nitrogens with zero attached hydrogens (tertiary/aromatic N) is 2. The number of rotatable bonds is 7. The molecule has 2 N–H and O–H groups in total. The van der Waals surface area contributed by atoms with Crippen molar-refractivity contribution in [3.05, 3.63) is 53.5 Å². The van der Waals surface area contributed by atoms with Crippen LogP contribution in [0.4, 0.5) is 5.82 Å². The van der Waals surface area contributed by atoms with Gasteiger partial charge in [-0.1, -0.05) is 24.3 Å². The summed E-state index contributed by atoms with van der Waals surface area (Å²) in [7, 11) is -3.29. The van der Waals surface area contributed by atoms with Crippen LogP contribution in [0, 0.1) is 6.92 Å². The Balaban J connectivity index is 1.94. The Kier molecular flexibility index (Phi) is 5.68. The lowest BCUT2D eigenvalue weighted by Crippen LogP contribution is -2.31. The summed E-state index contributed by atoms with van der Waals surface area (Å²) in [4.78, 5) is 8.40. The zero-order valence-electron chi connectivity index (χ0n) is 13.6. The maximum Gasteiger partial charge on any atom is 0.216 e. The topological polar surface area (TPSA) is 84.0 Å². The summed E-state index contributed by atoms with van der Waals surface area (Å²) >= 11 is 0. The van der Waals surface area contributed by atoms with Gasteiger partial charge in [0.1, 0.15) is 5.82 Å². The largest absolute Gasteiger partial charge is 0.365 e. The SMILES string of the molecule is Cc1cncc(NCc2ccc(CS(=O)(=O)NC(C)C)cc2)n1. The number of anilines is 1. The number of benzene rings is 1. The minimum absolute atomic E-state index is 0.0117. The summed E-state index contributed by atoms with van der Waals surface area (Å²) in [5.74, 6) is 0.709. The molecule has 2 aromatic rings. The lowest BCUT2D eigenvalue weighted by Gasteiger charge is -2.10. The molecule has 7 heteroatoms. The maximum absolute atomic E-state index is 11.9. The van der Waals surface area contributed by atoms with Crippen LogP contribution >= 0.6 is 0 Å². The predicted molar refractivity (Wildman–Crippen MR) is 91.4 cm³/mol. The summed E-state index contributed by atoms with van der Waals surface area (Å²) in [6.45, 7) is 6.11. The quantitative estimate of drug-likeness (QED) is 0.811. The Morgan fingerprint density at radius 2 is 1.74 bits per heavy atom. The first-order chi connectivity index (χ1) is 10.8. The molecule has 0 fully saturated rings. The van der Waals surface area contributed by atoms with Crippen LogP contribution in [0.5, 0.6) is 0 Å². The lowest BCUT2D eigenvalue weighted by atomic mass is 10.1. The van der Waals surface area contributed by atoms with Crippen LogP contribution < -0.4 is 10.0 Å². The van der Waals surface area contributed by atoms with E-state index in [4.69, 9.17) is 0 Å². The number of hydrogen-bond acceptors (Lipinski definition) is 5. The van der Waals surface area contributed by atoms with Crippen LogP contribution in [0.3, 0.4) is 0 Å². The van der Waals surface area contributed by atoms with E-state index in [1.165, 1.54) is 0 Å². The van der Waals surface area contributed by atoms with Gasteiger partial charge in [-0.05, 0) is 31.9 Å². The van der Waals surface area contributed by atoms with E-state index < -0.39 is 10.0 Å². The highest BCUT2D eigenvalue weighted by Gasteiger charge is 2.12. The van der Waals surface area contributed by atoms with Gasteiger partial charge in [0.25, 0.3) is 0 Å². The fourth-order valence-corrected chi connectivity index (χ4v) is 3.55. The molecule has 1 aromatic heterocycles. The van der Waals surface area contributed by atoms with Crippen molar-refractivity contribution in [3.8, 4) is 0 Å². The Bertz CT molecular complexity index is 743. The Labute approximate surface area is 137 Å². The highest BCUT2D eigenvalue weighted by molar-refractivity contribution is 7.88. The molecule has 0 aliphatic rings. The first-order valence-corrected chi connectivity index (χ1v) is 9.09. The molecule has 2 rings (SSSR count). The fourth-order valence-electron chi connectivity index (χ4n) is 2.11. The summed E-state index contributed by atoms with van der Waals surface area (Å²) in [6, 6.07) is 7.39. The van der Waals surface area contributed by atoms with Gasteiger partial charge in [0, 0.05) is 18.8 Å². The molecule has 0 aliphatic carbocycles. The first-order valence-electron chi connectivity index (χ1n) is 7.44. The second kappa shape index (κ2) is 7.52. The van der Waals surface area contributed by atoms with E-state index in [-0.39, 0.29) is 11.8 Å². The summed E-state index contributed by atoms with van der Waals surface area (Å²) in [6.07, 6.45) is 3.37. The van der Waals surface area contributed by atoms with E-state index in [1.54, 1.807) is 26.2 Å². The highest BCUT2D eigenvalue weighted by atomic mass is 32.2. The third-order valence-electron chi connectivity index (χ3n) is 3.02. The van der Waals surface area contributed by atoms with Crippen molar-refractivity contribution in [1.82, 2.24) is 14.7 Å². The smallest absolute Gasteiger partial charge is 0.216 e. The number of nitrogens with one attached hydrogen (secondary N) is 2. The molecule has 0 amide bonds. The van der Waals surface area contributed by atoms with Gasteiger partial charge in [0.2, 0.25) is 10.0 Å². The zero-order valence-corrected chi connectivity index (χ0v) is 14.4. The van der Waals surface area contributed by atoms with Crippen LogP contribution in [0.15, 0.2) is 36.7 Å². The van der Waals surface area contributed by atoms with Crippen LogP contribution in [-0.4, -0.2) is 24.4 Å². The molecule has 1 aromatic carbocycles. The monoisotopic (exact) mass is 334 g/mol. The van der Waals surface area contributed by atoms with E-state index in [0.717, 1.165) is 22.6 Å². The van der Waals surface area contributed by atoms with E-state index in [9.17, 15) is 8.42 Å². The molecule has 0 bridgehead atoms. The van der Waals surface area contributed by atoms with Crippen molar-refractivity contribution in [1.29, 1.82) is 0 Å². The normalized spacial score (nSPS) is 11.7. The van der Waals surface area contributed by atoms with Gasteiger partial charge in [-0.2, -0.15) is 0 Å². The minimum Gasteiger partial charge on any atom is -0.365 e. The number of aryl methyl sites for hydroxylation is 1. The first kappa shape index (κ1) is 17.4. The van der Waals surface area contributed by atoms with E-state index in [0.29, 0.717) is 6.54 Å². The zero-order chi connectivity index (χ0) is 16.9. The third kappa shape index (κ3) is 5.96. The van der Waals surface area contributed by atoms with Crippen LogP contribution in [0.2, 0.25) is 0 Å². The molecule has 0 saturated carbocycles. The summed E-state index contributed by atoms with van der Waals surface area (Å²) < 4.78 is 26.4. The fraction of sp³-hybridized carbons (Fsp3) is 0.375. The Morgan fingerprint density at radius 3 is 2.35 bits per heavy atom. The molecule has 1 heterocycles. The van der Waals surface area contributed by atoms with Crippen molar-refractivity contribution in [3.63, 3.8) is 0 Å². The van der Waals surface area contributed by atoms with Gasteiger partial charge < -0.3 is 5.32 Å². The van der Waals surface area contributed by atoms with E-state index >= 15 is 0 Å². The van der Waals surface area contributed by atoms with Crippen molar-refractivity contribution in [2.45, 2.75) is 39.1 Å². The maximum atomic E-state index is 11.9. The molecule has 0 saturated heterocycles. The second-order valence-electron chi connectivity index (χ2n) is 5.75. The summed E-state index contributed by atoms with van der Waals surface area (Å²) in [5.41, 5.74) is 2.66. The van der Waals surface area contributed by atoms with Gasteiger partial charge in [0.15, 0.2) is 0 Å². The predicted octanol–water partition coefficient (Wildman–Crippen LogP) is 2.22. The van der Waals surface area contributed by atoms with Gasteiger partial charge in [-0.25, -0.2) is 18.1 Å². The van der Waals surface area contributed by atoms with Crippen molar-refractivity contribution in [2.75, 3.05) is 5.32 Å². The molecule has 0 atom stereocenters. The molecule has 0 radical (unpaired) electrons. The minimum atomic E-state index is -3.29. The van der Waals surface area contributed by atoms with Gasteiger partial charge in [-0.15, -0.1) is 0 Å². The second-order valence-corrected chi connectivity index (χ2v) is 7.50. The summed E-state index contributed by atoms with van der Waals surface area (Å²) in [5, 5.41) is 3.19. The molecule has 0 unspecified atom stereocenters. The highest BCUT2D eigenvalue weighted by Crippen LogP contribution is 2.10. The lowest BCUT2D eigenvalue weighted by molar-refractivity contribution is 0.569. The Hall–Kier alpha value is -1.99. The van der Waals surface area contributed by atoms with E-state index in [1.807, 2.05) is 31.2 Å². The third-order valence-corrected chi connectivity index (χ3v) is 4.57. The number of hydrogen-bond donors (Lipinski definition) is 2. The average Bonchev–Trinajstić information content (AvgIpc) is 2.45. The molecule has 6 nitrogen and oxygen atoms in total. The molecule has 0 spiro atoms. The standard InChI is InChI=1S/C16H22N4O2S/c1-12(2)20-23(21,22)11-15-6-4-14(5-7-15)9-18-16-10-17-8-13(3)19-16/h4-8,10,12,20H,9,11H2,1-3H3,(H,18,19). The molecular weight excluding hydrogens is 312 g/mol. The molecular formula is C16H22N4O2S. The van der Waals surface area contributed by atoms with Gasteiger partial charge in [0.05, 0.1) is 17.6 Å². The molecule has 124 valence electrons.